The van der Waals surface area contributed by atoms with E-state index < -0.39 is 11.8 Å². The number of morpholine rings is 1. The summed E-state index contributed by atoms with van der Waals surface area (Å²) in [7, 11) is 1.70. The van der Waals surface area contributed by atoms with Crippen LogP contribution in [0.2, 0.25) is 0 Å². The number of benzene rings is 1. The number of guanidine groups is 1. The molecule has 1 amide bonds. The number of carbonyl (C=O) groups is 1. The molecule has 30 heavy (non-hydrogen) atoms. The molecule has 1 aliphatic rings. The summed E-state index contributed by atoms with van der Waals surface area (Å²) >= 11 is 0. The van der Waals surface area contributed by atoms with Gasteiger partial charge in [-0.2, -0.15) is 0 Å². The molecule has 1 aliphatic heterocycles. The lowest BCUT2D eigenvalue weighted by atomic mass is 9.98. The summed E-state index contributed by atoms with van der Waals surface area (Å²) in [6.07, 6.45) is 0.446. The van der Waals surface area contributed by atoms with Crippen LogP contribution in [0, 0.1) is 17.7 Å². The summed E-state index contributed by atoms with van der Waals surface area (Å²) in [6.45, 7) is 8.91. The number of primary amides is 1. The van der Waals surface area contributed by atoms with Crippen LogP contribution in [-0.4, -0.2) is 69.2 Å². The fourth-order valence-electron chi connectivity index (χ4n) is 3.52. The number of nitrogens with one attached hydrogen (secondary N) is 2. The fourth-order valence-corrected chi connectivity index (χ4v) is 3.52. The molecule has 1 aromatic rings. The Labute approximate surface area is 196 Å². The molecular formula is C21H35FIN5O2. The van der Waals surface area contributed by atoms with E-state index in [4.69, 9.17) is 10.5 Å². The third-order valence-electron chi connectivity index (χ3n) is 5.30. The molecule has 2 rings (SSSR count). The van der Waals surface area contributed by atoms with Gasteiger partial charge in [0.15, 0.2) is 5.96 Å². The lowest BCUT2D eigenvalue weighted by Gasteiger charge is -2.37. The maximum absolute atomic E-state index is 13.1. The highest BCUT2D eigenvalue weighted by Crippen LogP contribution is 2.12. The number of carbonyl (C=O) groups excluding carboxylic acids is 1. The number of amides is 1. The van der Waals surface area contributed by atoms with Crippen molar-refractivity contribution in [2.75, 3.05) is 46.4 Å². The molecule has 0 aliphatic carbocycles. The van der Waals surface area contributed by atoms with Crippen LogP contribution < -0.4 is 16.4 Å². The van der Waals surface area contributed by atoms with E-state index in [1.54, 1.807) is 19.2 Å². The Morgan fingerprint density at radius 2 is 1.80 bits per heavy atom. The van der Waals surface area contributed by atoms with Crippen molar-refractivity contribution < 1.29 is 13.9 Å². The Balaban J connectivity index is 0.00000450. The predicted molar refractivity (Wildman–Crippen MR) is 129 cm³/mol. The number of halogens is 2. The van der Waals surface area contributed by atoms with Crippen LogP contribution in [-0.2, 0) is 16.0 Å². The monoisotopic (exact) mass is 535 g/mol. The van der Waals surface area contributed by atoms with Gasteiger partial charge in [0.25, 0.3) is 0 Å². The first kappa shape index (κ1) is 26.6. The number of hydrogen-bond acceptors (Lipinski definition) is 4. The van der Waals surface area contributed by atoms with Gasteiger partial charge in [-0.15, -0.1) is 24.0 Å². The molecule has 9 heteroatoms. The van der Waals surface area contributed by atoms with Crippen LogP contribution in [0.1, 0.15) is 19.4 Å². The van der Waals surface area contributed by atoms with Gasteiger partial charge < -0.3 is 21.1 Å². The zero-order chi connectivity index (χ0) is 21.2. The molecular weight excluding hydrogens is 500 g/mol. The van der Waals surface area contributed by atoms with Gasteiger partial charge >= 0.3 is 0 Å². The first-order chi connectivity index (χ1) is 13.9. The highest BCUT2D eigenvalue weighted by atomic mass is 127. The van der Waals surface area contributed by atoms with E-state index in [9.17, 15) is 9.18 Å². The largest absolute Gasteiger partial charge is 0.379 e. The average molecular weight is 535 g/mol. The van der Waals surface area contributed by atoms with Gasteiger partial charge in [-0.3, -0.25) is 14.7 Å². The quantitative estimate of drug-likeness (QED) is 0.254. The lowest BCUT2D eigenvalue weighted by Crippen LogP contribution is -2.53. The van der Waals surface area contributed by atoms with E-state index in [0.717, 1.165) is 38.4 Å². The van der Waals surface area contributed by atoms with Gasteiger partial charge in [0.05, 0.1) is 19.1 Å². The summed E-state index contributed by atoms with van der Waals surface area (Å²) in [5.74, 6) is 0.00157. The molecule has 0 aromatic heterocycles. The van der Waals surface area contributed by atoms with Crippen molar-refractivity contribution in [2.45, 2.75) is 26.3 Å². The van der Waals surface area contributed by atoms with Crippen LogP contribution in [0.25, 0.3) is 0 Å². The third-order valence-corrected chi connectivity index (χ3v) is 5.30. The molecule has 2 unspecified atom stereocenters. The Hall–Kier alpha value is -1.46. The minimum atomic E-state index is -0.417. The summed E-state index contributed by atoms with van der Waals surface area (Å²) < 4.78 is 18.5. The number of nitrogens with zero attached hydrogens (tertiary/aromatic N) is 2. The van der Waals surface area contributed by atoms with E-state index in [-0.39, 0.29) is 29.8 Å². The molecule has 2 atom stereocenters. The number of aliphatic imine (C=N–C) groups is 1. The number of nitrogens with two attached hydrogens (primary N) is 1. The second kappa shape index (κ2) is 13.8. The van der Waals surface area contributed by atoms with Gasteiger partial charge in [0.1, 0.15) is 5.82 Å². The summed E-state index contributed by atoms with van der Waals surface area (Å²) in [4.78, 5) is 18.6. The molecule has 1 heterocycles. The number of hydrogen-bond donors (Lipinski definition) is 3. The highest BCUT2D eigenvalue weighted by molar-refractivity contribution is 14.0. The second-order valence-electron chi connectivity index (χ2n) is 7.72. The number of ether oxygens (including phenoxy) is 1. The molecule has 0 saturated carbocycles. The van der Waals surface area contributed by atoms with E-state index >= 15 is 0 Å². The Bertz CT molecular complexity index is 666. The van der Waals surface area contributed by atoms with Crippen LogP contribution in [0.4, 0.5) is 4.39 Å². The predicted octanol–water partition coefficient (Wildman–Crippen LogP) is 1.61. The van der Waals surface area contributed by atoms with Gasteiger partial charge in [-0.25, -0.2) is 4.39 Å². The van der Waals surface area contributed by atoms with Crippen molar-refractivity contribution >= 4 is 35.8 Å². The molecule has 0 radical (unpaired) electrons. The van der Waals surface area contributed by atoms with Crippen LogP contribution in [0.5, 0.6) is 0 Å². The van der Waals surface area contributed by atoms with Gasteiger partial charge in [-0.05, 0) is 30.0 Å². The first-order valence-corrected chi connectivity index (χ1v) is 10.2. The molecule has 7 nitrogen and oxygen atoms in total. The standard InChI is InChI=1S/C21H34FN5O2.HI/c1-15(2)19(27-8-10-29-11-9-27)14-26-21(24-3)25-13-17(20(23)28)12-16-4-6-18(22)7-5-16;/h4-7,15,17,19H,8-14H2,1-3H3,(H2,23,28)(H2,24,25,26);1H. The van der Waals surface area contributed by atoms with Crippen LogP contribution >= 0.6 is 24.0 Å². The molecule has 4 N–H and O–H groups in total. The summed E-state index contributed by atoms with van der Waals surface area (Å²) in [6, 6.07) is 6.49. The highest BCUT2D eigenvalue weighted by Gasteiger charge is 2.24. The van der Waals surface area contributed by atoms with Crippen molar-refractivity contribution in [2.24, 2.45) is 22.6 Å². The Kier molecular flexibility index (Phi) is 12.2. The molecule has 1 fully saturated rings. The molecule has 1 aromatic carbocycles. The van der Waals surface area contributed by atoms with Gasteiger partial charge in [0, 0.05) is 39.3 Å². The maximum Gasteiger partial charge on any atom is 0.222 e. The average Bonchev–Trinajstić information content (AvgIpc) is 2.71. The Morgan fingerprint density at radius 3 is 2.33 bits per heavy atom. The SMILES string of the molecule is CN=C(NCC(Cc1ccc(F)cc1)C(N)=O)NCC(C(C)C)N1CCOCC1.I. The minimum Gasteiger partial charge on any atom is -0.379 e. The smallest absolute Gasteiger partial charge is 0.222 e. The Morgan fingerprint density at radius 1 is 1.20 bits per heavy atom. The van der Waals surface area contributed by atoms with Crippen molar-refractivity contribution in [1.82, 2.24) is 15.5 Å². The van der Waals surface area contributed by atoms with Gasteiger partial charge in [-0.1, -0.05) is 26.0 Å². The maximum atomic E-state index is 13.1. The third kappa shape index (κ3) is 8.73. The zero-order valence-electron chi connectivity index (χ0n) is 18.1. The van der Waals surface area contributed by atoms with E-state index in [2.05, 4.69) is 34.4 Å². The van der Waals surface area contributed by atoms with Crippen LogP contribution in [0.15, 0.2) is 29.3 Å². The summed E-state index contributed by atoms with van der Waals surface area (Å²) in [5.41, 5.74) is 6.44. The normalized spacial score (nSPS) is 17.2. The number of rotatable bonds is 9. The minimum absolute atomic E-state index is 0. The zero-order valence-corrected chi connectivity index (χ0v) is 20.4. The fraction of sp³-hybridized carbons (Fsp3) is 0.619. The topological polar surface area (TPSA) is 92.0 Å². The molecule has 1 saturated heterocycles. The van der Waals surface area contributed by atoms with E-state index in [1.807, 2.05) is 0 Å². The molecule has 170 valence electrons. The van der Waals surface area contributed by atoms with E-state index in [1.165, 1.54) is 12.1 Å². The van der Waals surface area contributed by atoms with Crippen molar-refractivity contribution in [3.05, 3.63) is 35.6 Å². The van der Waals surface area contributed by atoms with E-state index in [0.29, 0.717) is 30.9 Å². The van der Waals surface area contributed by atoms with Crippen molar-refractivity contribution in [1.29, 1.82) is 0 Å². The van der Waals surface area contributed by atoms with Crippen molar-refractivity contribution in [3.63, 3.8) is 0 Å². The van der Waals surface area contributed by atoms with Crippen LogP contribution in [0.3, 0.4) is 0 Å². The molecule has 0 spiro atoms. The summed E-state index contributed by atoms with van der Waals surface area (Å²) in [5, 5.41) is 6.57. The molecule has 0 bridgehead atoms. The van der Waals surface area contributed by atoms with Gasteiger partial charge in [0.2, 0.25) is 5.91 Å². The lowest BCUT2D eigenvalue weighted by molar-refractivity contribution is -0.121. The van der Waals surface area contributed by atoms with Crippen molar-refractivity contribution in [3.8, 4) is 0 Å². The first-order valence-electron chi connectivity index (χ1n) is 10.2. The second-order valence-corrected chi connectivity index (χ2v) is 7.72.